The Morgan fingerprint density at radius 1 is 1.00 bits per heavy atom. The van der Waals surface area contributed by atoms with Gasteiger partial charge in [0.2, 0.25) is 0 Å². The zero-order valence-electron chi connectivity index (χ0n) is 15.2. The molecule has 1 atom stereocenters. The minimum atomic E-state index is -0.359. The van der Waals surface area contributed by atoms with Crippen molar-refractivity contribution in [2.45, 2.75) is 5.92 Å². The second-order valence-corrected chi connectivity index (χ2v) is 6.41. The van der Waals surface area contributed by atoms with E-state index in [-0.39, 0.29) is 11.9 Å². The fourth-order valence-corrected chi connectivity index (χ4v) is 3.56. The molecule has 0 saturated carbocycles. The Kier molecular flexibility index (Phi) is 4.20. The highest BCUT2D eigenvalue weighted by Gasteiger charge is 2.31. The van der Waals surface area contributed by atoms with Crippen LogP contribution in [0.4, 0.5) is 11.4 Å². The third-order valence-electron chi connectivity index (χ3n) is 4.86. The number of fused-ring (bicyclic) bond motifs is 2. The lowest BCUT2D eigenvalue weighted by molar-refractivity contribution is 0.0599. The molecule has 1 unspecified atom stereocenters. The first-order valence-corrected chi connectivity index (χ1v) is 8.68. The van der Waals surface area contributed by atoms with Crippen LogP contribution in [0.5, 0.6) is 11.5 Å². The van der Waals surface area contributed by atoms with E-state index < -0.39 is 0 Å². The summed E-state index contributed by atoms with van der Waals surface area (Å²) >= 11 is 0. The Morgan fingerprint density at radius 2 is 1.70 bits per heavy atom. The first kappa shape index (κ1) is 17.0. The number of hydrogen-bond donors (Lipinski definition) is 2. The van der Waals surface area contributed by atoms with Gasteiger partial charge in [-0.05, 0) is 23.8 Å². The second-order valence-electron chi connectivity index (χ2n) is 6.41. The molecule has 5 nitrogen and oxygen atoms in total. The van der Waals surface area contributed by atoms with E-state index in [1.807, 2.05) is 61.6 Å². The smallest absolute Gasteiger partial charge is 0.338 e. The Bertz CT molecular complexity index is 1030. The van der Waals surface area contributed by atoms with Gasteiger partial charge in [-0.25, -0.2) is 4.79 Å². The molecule has 0 aromatic heterocycles. The molecule has 3 aromatic rings. The van der Waals surface area contributed by atoms with E-state index in [0.717, 1.165) is 28.1 Å². The van der Waals surface area contributed by atoms with Crippen molar-refractivity contribution in [2.24, 2.45) is 0 Å². The number of methoxy groups -OCH3 is 1. The number of carbonyl (C=O) groups is 1. The highest BCUT2D eigenvalue weighted by Crippen LogP contribution is 2.49. The predicted molar refractivity (Wildman–Crippen MR) is 106 cm³/mol. The highest BCUT2D eigenvalue weighted by molar-refractivity contribution is 5.92. The molecule has 0 spiro atoms. The van der Waals surface area contributed by atoms with Gasteiger partial charge in [-0.1, -0.05) is 30.3 Å². The van der Waals surface area contributed by atoms with Crippen LogP contribution in [0.15, 0.2) is 60.7 Å². The molecule has 0 radical (unpaired) electrons. The Morgan fingerprint density at radius 3 is 2.44 bits per heavy atom. The third kappa shape index (κ3) is 2.87. The number of nitrogens with one attached hydrogen (secondary N) is 1. The van der Waals surface area contributed by atoms with Gasteiger partial charge in [-0.3, -0.25) is 0 Å². The number of anilines is 2. The topological polar surface area (TPSA) is 73.6 Å². The average molecular weight is 360 g/mol. The quantitative estimate of drug-likeness (QED) is 0.419. The van der Waals surface area contributed by atoms with Gasteiger partial charge in [0.1, 0.15) is 11.5 Å². The van der Waals surface area contributed by atoms with Crippen molar-refractivity contribution in [1.82, 2.24) is 0 Å². The summed E-state index contributed by atoms with van der Waals surface area (Å²) in [6, 6.07) is 19.1. The van der Waals surface area contributed by atoms with Crippen LogP contribution in [0.3, 0.4) is 0 Å². The largest absolute Gasteiger partial charge is 0.465 e. The van der Waals surface area contributed by atoms with Crippen molar-refractivity contribution < 1.29 is 14.3 Å². The van der Waals surface area contributed by atoms with Crippen molar-refractivity contribution in [2.75, 3.05) is 25.2 Å². The standard InChI is InChI=1S/C22H20N2O3/c1-24-14-8-10-18-20(12-14)27-19-11-13(23)7-9-17(19)21(18)15-5-3-4-6-16(15)22(25)26-2/h3-12,21,24H,23H2,1-2H3. The van der Waals surface area contributed by atoms with Crippen molar-refractivity contribution in [3.8, 4) is 11.5 Å². The lowest BCUT2D eigenvalue weighted by Crippen LogP contribution is -2.16. The van der Waals surface area contributed by atoms with Crippen LogP contribution in [-0.4, -0.2) is 20.1 Å². The van der Waals surface area contributed by atoms with E-state index in [9.17, 15) is 4.79 Å². The van der Waals surface area contributed by atoms with Gasteiger partial charge in [-0.2, -0.15) is 0 Å². The Hall–Kier alpha value is -3.47. The highest BCUT2D eigenvalue weighted by atomic mass is 16.5. The molecule has 1 aliphatic rings. The van der Waals surface area contributed by atoms with E-state index >= 15 is 0 Å². The van der Waals surface area contributed by atoms with E-state index in [0.29, 0.717) is 17.0 Å². The van der Waals surface area contributed by atoms with Crippen LogP contribution in [0.25, 0.3) is 0 Å². The number of esters is 1. The first-order chi connectivity index (χ1) is 13.1. The van der Waals surface area contributed by atoms with E-state index in [4.69, 9.17) is 15.2 Å². The molecule has 1 heterocycles. The monoisotopic (exact) mass is 360 g/mol. The number of ether oxygens (including phenoxy) is 2. The van der Waals surface area contributed by atoms with E-state index in [2.05, 4.69) is 5.32 Å². The lowest BCUT2D eigenvalue weighted by Gasteiger charge is -2.30. The third-order valence-corrected chi connectivity index (χ3v) is 4.86. The molecule has 0 bridgehead atoms. The number of rotatable bonds is 3. The molecule has 4 rings (SSSR count). The minimum absolute atomic E-state index is 0.162. The summed E-state index contributed by atoms with van der Waals surface area (Å²) in [6.07, 6.45) is 0. The molecule has 5 heteroatoms. The van der Waals surface area contributed by atoms with Gasteiger partial charge in [0.05, 0.1) is 12.7 Å². The van der Waals surface area contributed by atoms with Gasteiger partial charge in [0.25, 0.3) is 0 Å². The first-order valence-electron chi connectivity index (χ1n) is 8.68. The number of benzene rings is 3. The molecule has 0 aliphatic carbocycles. The summed E-state index contributed by atoms with van der Waals surface area (Å²) in [5, 5.41) is 3.13. The van der Waals surface area contributed by atoms with Gasteiger partial charge < -0.3 is 20.5 Å². The van der Waals surface area contributed by atoms with Gasteiger partial charge in [0.15, 0.2) is 0 Å². The maximum atomic E-state index is 12.4. The van der Waals surface area contributed by atoms with Gasteiger partial charge in [0, 0.05) is 47.6 Å². The summed E-state index contributed by atoms with van der Waals surface area (Å²) in [6.45, 7) is 0. The zero-order chi connectivity index (χ0) is 19.0. The van der Waals surface area contributed by atoms with Crippen LogP contribution in [0.1, 0.15) is 33.0 Å². The number of nitrogen functional groups attached to an aromatic ring is 1. The fraction of sp³-hybridized carbons (Fsp3) is 0.136. The average Bonchev–Trinajstić information content (AvgIpc) is 2.70. The summed E-state index contributed by atoms with van der Waals surface area (Å²) < 4.78 is 11.1. The van der Waals surface area contributed by atoms with Crippen molar-refractivity contribution in [3.05, 3.63) is 82.9 Å². The van der Waals surface area contributed by atoms with Crippen molar-refractivity contribution in [1.29, 1.82) is 0 Å². The molecule has 3 N–H and O–H groups in total. The minimum Gasteiger partial charge on any atom is -0.465 e. The molecule has 0 saturated heterocycles. The Balaban J connectivity index is 1.97. The molecular weight excluding hydrogens is 340 g/mol. The van der Waals surface area contributed by atoms with E-state index in [1.54, 1.807) is 6.07 Å². The van der Waals surface area contributed by atoms with Gasteiger partial charge in [-0.15, -0.1) is 0 Å². The van der Waals surface area contributed by atoms with Gasteiger partial charge >= 0.3 is 5.97 Å². The molecule has 27 heavy (non-hydrogen) atoms. The second kappa shape index (κ2) is 6.68. The molecule has 0 fully saturated rings. The fourth-order valence-electron chi connectivity index (χ4n) is 3.56. The number of nitrogens with two attached hydrogens (primary N) is 1. The normalized spacial score (nSPS) is 14.5. The van der Waals surface area contributed by atoms with Crippen LogP contribution in [-0.2, 0) is 4.74 Å². The summed E-state index contributed by atoms with van der Waals surface area (Å²) in [4.78, 5) is 12.4. The lowest BCUT2D eigenvalue weighted by atomic mass is 9.80. The summed E-state index contributed by atoms with van der Waals surface area (Å²) in [7, 11) is 3.26. The summed E-state index contributed by atoms with van der Waals surface area (Å²) in [5.41, 5.74) is 10.9. The number of carbonyl (C=O) groups excluding carboxylic acids is 1. The molecule has 0 amide bonds. The maximum Gasteiger partial charge on any atom is 0.338 e. The van der Waals surface area contributed by atoms with Crippen LogP contribution in [0.2, 0.25) is 0 Å². The number of hydrogen-bond acceptors (Lipinski definition) is 5. The maximum absolute atomic E-state index is 12.4. The molecular formula is C22H20N2O3. The Labute approximate surface area is 157 Å². The van der Waals surface area contributed by atoms with Crippen molar-refractivity contribution in [3.63, 3.8) is 0 Å². The van der Waals surface area contributed by atoms with Crippen molar-refractivity contribution >= 4 is 17.3 Å². The molecule has 136 valence electrons. The molecule has 1 aliphatic heterocycles. The van der Waals surface area contributed by atoms with E-state index in [1.165, 1.54) is 7.11 Å². The van der Waals surface area contributed by atoms with Crippen LogP contribution < -0.4 is 15.8 Å². The van der Waals surface area contributed by atoms with Crippen LogP contribution in [0, 0.1) is 0 Å². The van der Waals surface area contributed by atoms with Crippen LogP contribution >= 0.6 is 0 Å². The molecule has 3 aromatic carbocycles. The SMILES string of the molecule is CNc1ccc2c(c1)Oc1cc(N)ccc1C2c1ccccc1C(=O)OC. The summed E-state index contributed by atoms with van der Waals surface area (Å²) in [5.74, 6) is 0.915. The zero-order valence-corrected chi connectivity index (χ0v) is 15.2. The predicted octanol–water partition coefficient (Wildman–Crippen LogP) is 4.38.